The average Bonchev–Trinajstić information content (AvgIpc) is 2.83. The van der Waals surface area contributed by atoms with Gasteiger partial charge in [-0.15, -0.1) is 11.3 Å². The zero-order valence-corrected chi connectivity index (χ0v) is 14.2. The molecule has 0 saturated carbocycles. The van der Waals surface area contributed by atoms with Crippen molar-refractivity contribution < 1.29 is 0 Å². The number of thioether (sulfide) groups is 1. The quantitative estimate of drug-likeness (QED) is 0.783. The first kappa shape index (κ1) is 15.0. The fourth-order valence-corrected chi connectivity index (χ4v) is 4.83. The summed E-state index contributed by atoms with van der Waals surface area (Å²) < 4.78 is 1.03. The van der Waals surface area contributed by atoms with Crippen LogP contribution < -0.4 is 5.73 Å². The molecule has 0 saturated heterocycles. The average molecular weight is 357 g/mol. The third-order valence-corrected chi connectivity index (χ3v) is 6.53. The lowest BCUT2D eigenvalue weighted by molar-refractivity contribution is 0.637. The van der Waals surface area contributed by atoms with Crippen LogP contribution in [0.3, 0.4) is 0 Å². The molecule has 0 bridgehead atoms. The van der Waals surface area contributed by atoms with Gasteiger partial charge in [-0.25, -0.2) is 4.98 Å². The van der Waals surface area contributed by atoms with E-state index in [1.54, 1.807) is 23.1 Å². The molecule has 2 unspecified atom stereocenters. The Morgan fingerprint density at radius 1 is 1.47 bits per heavy atom. The van der Waals surface area contributed by atoms with Crippen molar-refractivity contribution in [1.82, 2.24) is 4.98 Å². The molecule has 2 aromatic heterocycles. The third kappa shape index (κ3) is 3.60. The predicted octanol–water partition coefficient (Wildman–Crippen LogP) is 4.78. The summed E-state index contributed by atoms with van der Waals surface area (Å²) in [5.74, 6) is 0. The molecule has 2 heterocycles. The van der Waals surface area contributed by atoms with Gasteiger partial charge in [0.05, 0.1) is 5.25 Å². The number of nitrogens with zero attached hydrogens (tertiary/aromatic N) is 1. The van der Waals surface area contributed by atoms with Crippen LogP contribution in [0.1, 0.15) is 29.0 Å². The van der Waals surface area contributed by atoms with Crippen molar-refractivity contribution in [3.05, 3.63) is 44.7 Å². The number of nitrogens with two attached hydrogens (primary N) is 1. The highest BCUT2D eigenvalue weighted by Crippen LogP contribution is 2.42. The molecular weight excluding hydrogens is 340 g/mol. The minimum absolute atomic E-state index is 0.135. The fraction of sp³-hybridized carbons (Fsp3) is 0.357. The zero-order chi connectivity index (χ0) is 13.8. The molecule has 0 fully saturated rings. The monoisotopic (exact) mass is 356 g/mol. The number of pyridine rings is 1. The van der Waals surface area contributed by atoms with Crippen molar-refractivity contribution in [2.75, 3.05) is 0 Å². The van der Waals surface area contributed by atoms with Crippen molar-refractivity contribution in [2.45, 2.75) is 36.6 Å². The molecule has 0 amide bonds. The summed E-state index contributed by atoms with van der Waals surface area (Å²) in [6.07, 6.45) is 2.78. The number of thiophene rings is 1. The Balaban J connectivity index is 2.30. The van der Waals surface area contributed by atoms with Gasteiger partial charge in [-0.3, -0.25) is 0 Å². The first-order valence-corrected chi connectivity index (χ1v) is 8.75. The van der Waals surface area contributed by atoms with Crippen molar-refractivity contribution in [1.29, 1.82) is 0 Å². The van der Waals surface area contributed by atoms with Crippen LogP contribution in [0.25, 0.3) is 0 Å². The maximum atomic E-state index is 6.32. The van der Waals surface area contributed by atoms with Gasteiger partial charge in [0, 0.05) is 21.6 Å². The Labute approximate surface area is 131 Å². The van der Waals surface area contributed by atoms with Crippen LogP contribution in [-0.2, 0) is 0 Å². The highest BCUT2D eigenvalue weighted by molar-refractivity contribution is 9.10. The summed E-state index contributed by atoms with van der Waals surface area (Å²) in [5.41, 5.74) is 7.64. The van der Waals surface area contributed by atoms with E-state index in [-0.39, 0.29) is 11.3 Å². The van der Waals surface area contributed by atoms with Gasteiger partial charge in [-0.1, -0.05) is 18.7 Å². The lowest BCUT2D eigenvalue weighted by Crippen LogP contribution is -2.25. The number of aromatic nitrogens is 1. The second-order valence-electron chi connectivity index (χ2n) is 4.37. The van der Waals surface area contributed by atoms with E-state index in [2.05, 4.69) is 46.2 Å². The summed E-state index contributed by atoms with van der Waals surface area (Å²) in [5, 5.41) is 3.40. The van der Waals surface area contributed by atoms with Gasteiger partial charge >= 0.3 is 0 Å². The molecule has 0 radical (unpaired) electrons. The molecule has 5 heteroatoms. The number of aryl methyl sites for hydroxylation is 1. The van der Waals surface area contributed by atoms with E-state index in [0.29, 0.717) is 0 Å². The molecule has 0 aliphatic heterocycles. The van der Waals surface area contributed by atoms with Gasteiger partial charge in [0.25, 0.3) is 0 Å². The van der Waals surface area contributed by atoms with Gasteiger partial charge in [-0.2, -0.15) is 0 Å². The summed E-state index contributed by atoms with van der Waals surface area (Å²) in [6.45, 7) is 4.28. The highest BCUT2D eigenvalue weighted by Gasteiger charge is 2.24. The van der Waals surface area contributed by atoms with Crippen molar-refractivity contribution in [3.8, 4) is 0 Å². The lowest BCUT2D eigenvalue weighted by atomic mass is 10.1. The molecule has 0 aliphatic carbocycles. The summed E-state index contributed by atoms with van der Waals surface area (Å²) in [6, 6.07) is 6.24. The maximum Gasteiger partial charge on any atom is 0.111 e. The Kier molecular flexibility index (Phi) is 5.45. The van der Waals surface area contributed by atoms with E-state index in [4.69, 9.17) is 5.73 Å². The van der Waals surface area contributed by atoms with E-state index in [1.807, 2.05) is 18.3 Å². The van der Waals surface area contributed by atoms with Gasteiger partial charge in [0.2, 0.25) is 0 Å². The van der Waals surface area contributed by atoms with Gasteiger partial charge < -0.3 is 5.73 Å². The van der Waals surface area contributed by atoms with E-state index in [9.17, 15) is 0 Å². The number of hydrogen-bond acceptors (Lipinski definition) is 4. The van der Waals surface area contributed by atoms with E-state index in [1.165, 1.54) is 10.4 Å². The van der Waals surface area contributed by atoms with Gasteiger partial charge in [-0.05, 0) is 58.4 Å². The summed E-state index contributed by atoms with van der Waals surface area (Å²) in [7, 11) is 0. The van der Waals surface area contributed by atoms with Gasteiger partial charge in [0.15, 0.2) is 0 Å². The van der Waals surface area contributed by atoms with Crippen LogP contribution in [0, 0.1) is 6.92 Å². The molecule has 19 heavy (non-hydrogen) atoms. The Morgan fingerprint density at radius 3 is 2.84 bits per heavy atom. The number of halogens is 1. The molecule has 102 valence electrons. The largest absolute Gasteiger partial charge is 0.326 e. The van der Waals surface area contributed by atoms with Crippen molar-refractivity contribution in [3.63, 3.8) is 0 Å². The first-order valence-electron chi connectivity index (χ1n) is 6.20. The zero-order valence-electron chi connectivity index (χ0n) is 11.0. The fourth-order valence-electron chi connectivity index (χ4n) is 1.80. The smallest absolute Gasteiger partial charge is 0.111 e. The lowest BCUT2D eigenvalue weighted by Gasteiger charge is -2.22. The van der Waals surface area contributed by atoms with Crippen LogP contribution in [0.15, 0.2) is 39.3 Å². The van der Waals surface area contributed by atoms with Crippen LogP contribution in [0.4, 0.5) is 0 Å². The summed E-state index contributed by atoms with van der Waals surface area (Å²) in [4.78, 5) is 5.80. The first-order chi connectivity index (χ1) is 9.13. The molecule has 0 aliphatic rings. The Hall–Kier alpha value is -0.360. The minimum Gasteiger partial charge on any atom is -0.326 e. The molecule has 2 aromatic rings. The van der Waals surface area contributed by atoms with E-state index < -0.39 is 0 Å². The molecule has 2 rings (SSSR count). The molecular formula is C14H17BrN2S2. The number of hydrogen-bond donors (Lipinski definition) is 1. The topological polar surface area (TPSA) is 38.9 Å². The van der Waals surface area contributed by atoms with Crippen molar-refractivity contribution >= 4 is 39.0 Å². The minimum atomic E-state index is 0.135. The predicted molar refractivity (Wildman–Crippen MR) is 87.9 cm³/mol. The standard InChI is InChI=1S/C14H17BrN2S2/c1-3-11(16)13(12-9(2)6-8-18-12)19-14-10(15)5-4-7-17-14/h4-8,11,13H,3,16H2,1-2H3. The van der Waals surface area contributed by atoms with Gasteiger partial charge in [0.1, 0.15) is 5.03 Å². The molecule has 2 nitrogen and oxygen atoms in total. The van der Waals surface area contributed by atoms with E-state index in [0.717, 1.165) is 15.9 Å². The van der Waals surface area contributed by atoms with Crippen molar-refractivity contribution in [2.24, 2.45) is 5.73 Å². The molecule has 2 atom stereocenters. The van der Waals surface area contributed by atoms with Crippen LogP contribution in [0.2, 0.25) is 0 Å². The van der Waals surface area contributed by atoms with Crippen LogP contribution >= 0.6 is 39.0 Å². The SMILES string of the molecule is CCC(N)C(Sc1ncccc1Br)c1sccc1C. The van der Waals surface area contributed by atoms with Crippen LogP contribution in [0.5, 0.6) is 0 Å². The second-order valence-corrected chi connectivity index (χ2v) is 7.30. The maximum absolute atomic E-state index is 6.32. The Morgan fingerprint density at radius 2 is 2.26 bits per heavy atom. The number of rotatable bonds is 5. The summed E-state index contributed by atoms with van der Waals surface area (Å²) >= 11 is 7.09. The normalized spacial score (nSPS) is 14.3. The molecule has 2 N–H and O–H groups in total. The second kappa shape index (κ2) is 6.88. The van der Waals surface area contributed by atoms with Crippen LogP contribution in [-0.4, -0.2) is 11.0 Å². The van der Waals surface area contributed by atoms with E-state index >= 15 is 0 Å². The third-order valence-electron chi connectivity index (χ3n) is 2.98. The highest BCUT2D eigenvalue weighted by atomic mass is 79.9. The molecule has 0 spiro atoms. The molecule has 0 aromatic carbocycles. The Bertz CT molecular complexity index is 542.